The van der Waals surface area contributed by atoms with Crippen LogP contribution in [0, 0.1) is 19.8 Å². The van der Waals surface area contributed by atoms with Crippen molar-refractivity contribution in [3.63, 3.8) is 0 Å². The number of aromatic nitrogens is 2. The van der Waals surface area contributed by atoms with Crippen molar-refractivity contribution in [1.29, 1.82) is 0 Å². The van der Waals surface area contributed by atoms with Crippen molar-refractivity contribution >= 4 is 11.7 Å². The van der Waals surface area contributed by atoms with E-state index >= 15 is 0 Å². The molecular weight excluding hydrogens is 348 g/mol. The topological polar surface area (TPSA) is 49.3 Å². The Labute approximate surface area is 167 Å². The number of benzene rings is 1. The zero-order valence-electron chi connectivity index (χ0n) is 17.1. The van der Waals surface area contributed by atoms with Gasteiger partial charge in [-0.1, -0.05) is 30.3 Å². The first-order chi connectivity index (χ1) is 13.5. The van der Waals surface area contributed by atoms with E-state index in [0.717, 1.165) is 49.7 Å². The van der Waals surface area contributed by atoms with Gasteiger partial charge in [0.25, 0.3) is 0 Å². The highest BCUT2D eigenvalue weighted by Crippen LogP contribution is 2.49. The molecule has 0 bridgehead atoms. The van der Waals surface area contributed by atoms with Gasteiger partial charge in [0.05, 0.1) is 0 Å². The van der Waals surface area contributed by atoms with E-state index in [4.69, 9.17) is 0 Å². The Hall–Kier alpha value is -2.43. The number of piperidine rings is 1. The summed E-state index contributed by atoms with van der Waals surface area (Å²) in [5, 5.41) is 0. The lowest BCUT2D eigenvalue weighted by Gasteiger charge is -2.37. The fraction of sp³-hybridized carbons (Fsp3) is 0.522. The van der Waals surface area contributed by atoms with Gasteiger partial charge >= 0.3 is 0 Å². The Morgan fingerprint density at radius 2 is 1.86 bits per heavy atom. The van der Waals surface area contributed by atoms with Gasteiger partial charge in [-0.3, -0.25) is 4.79 Å². The molecule has 5 heteroatoms. The summed E-state index contributed by atoms with van der Waals surface area (Å²) in [6.45, 7) is 5.83. The molecule has 1 aliphatic heterocycles. The van der Waals surface area contributed by atoms with Crippen molar-refractivity contribution in [2.45, 2.75) is 51.5 Å². The molecule has 1 amide bonds. The fourth-order valence-corrected chi connectivity index (χ4v) is 4.50. The van der Waals surface area contributed by atoms with E-state index in [0.29, 0.717) is 30.2 Å². The number of carbonyl (C=O) groups is 1. The van der Waals surface area contributed by atoms with E-state index in [2.05, 4.69) is 51.3 Å². The van der Waals surface area contributed by atoms with E-state index in [9.17, 15) is 4.79 Å². The van der Waals surface area contributed by atoms with Gasteiger partial charge in [-0.15, -0.1) is 0 Å². The molecule has 1 aromatic heterocycles. The van der Waals surface area contributed by atoms with Crippen molar-refractivity contribution in [3.05, 3.63) is 53.5 Å². The molecule has 1 saturated heterocycles. The average Bonchev–Trinajstić information content (AvgIpc) is 3.46. The maximum Gasteiger partial charge on any atom is 0.222 e. The van der Waals surface area contributed by atoms with Gasteiger partial charge in [-0.05, 0) is 50.5 Å². The summed E-state index contributed by atoms with van der Waals surface area (Å²) in [6.07, 6.45) is 3.82. The van der Waals surface area contributed by atoms with E-state index in [-0.39, 0.29) is 0 Å². The first-order valence-electron chi connectivity index (χ1n) is 10.4. The molecule has 2 atom stereocenters. The summed E-state index contributed by atoms with van der Waals surface area (Å²) in [7, 11) is 1.99. The van der Waals surface area contributed by atoms with E-state index in [1.54, 1.807) is 0 Å². The monoisotopic (exact) mass is 378 g/mol. The summed E-state index contributed by atoms with van der Waals surface area (Å²) in [4.78, 5) is 26.1. The standard InChI is InChI=1S/C23H30N4O/c1-16-13-22(25-17(2)24-16)27-11-9-20(10-12-27)26(3)23(28)15-19-14-21(19)18-7-5-4-6-8-18/h4-8,13,19-21H,9-12,14-15H2,1-3H3/t19-,21-/m0/s1. The lowest BCUT2D eigenvalue weighted by Crippen LogP contribution is -2.46. The van der Waals surface area contributed by atoms with Crippen LogP contribution in [0.3, 0.4) is 0 Å². The third kappa shape index (κ3) is 4.18. The second-order valence-electron chi connectivity index (χ2n) is 8.35. The highest BCUT2D eigenvalue weighted by atomic mass is 16.2. The minimum atomic E-state index is 0.301. The van der Waals surface area contributed by atoms with Crippen LogP contribution in [-0.2, 0) is 4.79 Å². The van der Waals surface area contributed by atoms with Crippen LogP contribution in [0.1, 0.15) is 48.7 Å². The minimum absolute atomic E-state index is 0.301. The van der Waals surface area contributed by atoms with Crippen LogP contribution in [0.4, 0.5) is 5.82 Å². The van der Waals surface area contributed by atoms with Crippen molar-refractivity contribution in [2.24, 2.45) is 5.92 Å². The van der Waals surface area contributed by atoms with Gasteiger partial charge < -0.3 is 9.80 Å². The molecule has 28 heavy (non-hydrogen) atoms. The Balaban J connectivity index is 1.28. The Morgan fingerprint density at radius 1 is 1.14 bits per heavy atom. The van der Waals surface area contributed by atoms with Crippen LogP contribution >= 0.6 is 0 Å². The van der Waals surface area contributed by atoms with Crippen molar-refractivity contribution < 1.29 is 4.79 Å². The molecular formula is C23H30N4O. The molecule has 0 N–H and O–H groups in total. The van der Waals surface area contributed by atoms with Gasteiger partial charge in [-0.25, -0.2) is 9.97 Å². The molecule has 0 unspecified atom stereocenters. The van der Waals surface area contributed by atoms with Gasteiger partial charge in [0, 0.05) is 44.4 Å². The Morgan fingerprint density at radius 3 is 2.54 bits per heavy atom. The Bertz CT molecular complexity index is 810. The lowest BCUT2D eigenvalue weighted by atomic mass is 10.0. The van der Waals surface area contributed by atoms with Crippen LogP contribution in [0.2, 0.25) is 0 Å². The number of carbonyl (C=O) groups excluding carboxylic acids is 1. The summed E-state index contributed by atoms with van der Waals surface area (Å²) in [6, 6.07) is 13.0. The minimum Gasteiger partial charge on any atom is -0.356 e. The molecule has 0 spiro atoms. The van der Waals surface area contributed by atoms with Crippen molar-refractivity contribution in [1.82, 2.24) is 14.9 Å². The maximum absolute atomic E-state index is 12.8. The molecule has 2 heterocycles. The number of hydrogen-bond donors (Lipinski definition) is 0. The van der Waals surface area contributed by atoms with Crippen LogP contribution in [0.15, 0.2) is 36.4 Å². The summed E-state index contributed by atoms with van der Waals surface area (Å²) in [5.41, 5.74) is 2.39. The third-order valence-electron chi connectivity index (χ3n) is 6.27. The zero-order valence-corrected chi connectivity index (χ0v) is 17.1. The molecule has 2 aliphatic rings. The average molecular weight is 379 g/mol. The number of anilines is 1. The van der Waals surface area contributed by atoms with Crippen LogP contribution in [-0.4, -0.2) is 47.0 Å². The zero-order chi connectivity index (χ0) is 19.7. The van der Waals surface area contributed by atoms with E-state index < -0.39 is 0 Å². The number of hydrogen-bond acceptors (Lipinski definition) is 4. The van der Waals surface area contributed by atoms with Crippen LogP contribution in [0.25, 0.3) is 0 Å². The first kappa shape index (κ1) is 18.9. The van der Waals surface area contributed by atoms with Gasteiger partial charge in [0.2, 0.25) is 5.91 Å². The second-order valence-corrected chi connectivity index (χ2v) is 8.35. The predicted octanol–water partition coefficient (Wildman–Crippen LogP) is 3.71. The number of amides is 1. The number of rotatable bonds is 5. The summed E-state index contributed by atoms with van der Waals surface area (Å²) < 4.78 is 0. The molecule has 1 aliphatic carbocycles. The molecule has 2 aromatic rings. The van der Waals surface area contributed by atoms with Gasteiger partial charge in [0.15, 0.2) is 0 Å². The smallest absolute Gasteiger partial charge is 0.222 e. The van der Waals surface area contributed by atoms with E-state index in [1.807, 2.05) is 25.8 Å². The molecule has 2 fully saturated rings. The SMILES string of the molecule is Cc1cc(N2CCC(N(C)C(=O)C[C@@H]3C[C@H]3c3ccccc3)CC2)nc(C)n1. The quantitative estimate of drug-likeness (QED) is 0.796. The van der Waals surface area contributed by atoms with Crippen LogP contribution < -0.4 is 4.90 Å². The molecule has 1 saturated carbocycles. The molecule has 148 valence electrons. The van der Waals surface area contributed by atoms with Crippen molar-refractivity contribution in [2.75, 3.05) is 25.0 Å². The predicted molar refractivity (Wildman–Crippen MR) is 111 cm³/mol. The molecule has 5 nitrogen and oxygen atoms in total. The molecule has 4 rings (SSSR count). The van der Waals surface area contributed by atoms with E-state index in [1.165, 1.54) is 5.56 Å². The first-order valence-corrected chi connectivity index (χ1v) is 10.4. The fourth-order valence-electron chi connectivity index (χ4n) is 4.50. The highest BCUT2D eigenvalue weighted by molar-refractivity contribution is 5.77. The molecule has 0 radical (unpaired) electrons. The number of aryl methyl sites for hydroxylation is 2. The maximum atomic E-state index is 12.8. The van der Waals surface area contributed by atoms with Crippen molar-refractivity contribution in [3.8, 4) is 0 Å². The van der Waals surface area contributed by atoms with Gasteiger partial charge in [0.1, 0.15) is 11.6 Å². The highest BCUT2D eigenvalue weighted by Gasteiger charge is 2.40. The Kier molecular flexibility index (Phi) is 5.33. The second kappa shape index (κ2) is 7.90. The van der Waals surface area contributed by atoms with Crippen LogP contribution in [0.5, 0.6) is 0 Å². The third-order valence-corrected chi connectivity index (χ3v) is 6.27. The van der Waals surface area contributed by atoms with Gasteiger partial charge in [-0.2, -0.15) is 0 Å². The summed E-state index contributed by atoms with van der Waals surface area (Å²) in [5.74, 6) is 3.23. The number of nitrogens with zero attached hydrogens (tertiary/aromatic N) is 4. The largest absolute Gasteiger partial charge is 0.356 e. The molecule has 1 aromatic carbocycles. The summed E-state index contributed by atoms with van der Waals surface area (Å²) >= 11 is 0. The normalized spacial score (nSPS) is 22.2. The lowest BCUT2D eigenvalue weighted by molar-refractivity contribution is -0.132.